The van der Waals surface area contributed by atoms with Gasteiger partial charge in [0, 0.05) is 25.2 Å². The predicted octanol–water partition coefficient (Wildman–Crippen LogP) is 3.94. The van der Waals surface area contributed by atoms with E-state index in [1.807, 2.05) is 41.0 Å². The van der Waals surface area contributed by atoms with Crippen molar-refractivity contribution < 1.29 is 9.90 Å². The molecule has 5 rings (SSSR count). The highest BCUT2D eigenvalue weighted by Crippen LogP contribution is 2.30. The number of allylic oxidation sites excluding steroid dienone is 1. The van der Waals surface area contributed by atoms with E-state index in [0.717, 1.165) is 30.7 Å². The smallest absolute Gasteiger partial charge is 0.262 e. The number of rotatable bonds is 4. The number of carbonyl (C=O) groups is 1. The van der Waals surface area contributed by atoms with Crippen molar-refractivity contribution in [1.29, 1.82) is 0 Å². The highest BCUT2D eigenvalue weighted by Gasteiger charge is 2.28. The van der Waals surface area contributed by atoms with Crippen LogP contribution in [0.25, 0.3) is 16.6 Å². The van der Waals surface area contributed by atoms with E-state index in [1.165, 1.54) is 18.4 Å². The molecule has 2 aromatic carbocycles. The topological polar surface area (TPSA) is 70.4 Å². The third-order valence-corrected chi connectivity index (χ3v) is 5.78. The van der Waals surface area contributed by atoms with Gasteiger partial charge in [0.2, 0.25) is 0 Å². The van der Waals surface area contributed by atoms with E-state index >= 15 is 0 Å². The summed E-state index contributed by atoms with van der Waals surface area (Å²) < 4.78 is 2.00. The van der Waals surface area contributed by atoms with Crippen LogP contribution in [0, 0.1) is 0 Å². The third-order valence-electron chi connectivity index (χ3n) is 5.78. The zero-order valence-electron chi connectivity index (χ0n) is 16.3. The quantitative estimate of drug-likeness (QED) is 0.710. The van der Waals surface area contributed by atoms with Crippen LogP contribution >= 0.6 is 0 Å². The largest absolute Gasteiger partial charge is 0.511 e. The minimum atomic E-state index is -0.328. The number of anilines is 1. The van der Waals surface area contributed by atoms with Crippen LogP contribution < -0.4 is 5.32 Å². The van der Waals surface area contributed by atoms with Crippen LogP contribution in [0.2, 0.25) is 0 Å². The van der Waals surface area contributed by atoms with Gasteiger partial charge in [-0.25, -0.2) is 4.98 Å². The maximum absolute atomic E-state index is 13.0. The number of aromatic nitrogens is 2. The number of hydrogen-bond acceptors (Lipinski definition) is 4. The van der Waals surface area contributed by atoms with Gasteiger partial charge in [-0.3, -0.25) is 9.69 Å². The van der Waals surface area contributed by atoms with Crippen molar-refractivity contribution in [3.8, 4) is 0 Å². The zero-order valence-corrected chi connectivity index (χ0v) is 16.3. The molecule has 6 heteroatoms. The van der Waals surface area contributed by atoms with Gasteiger partial charge in [0.1, 0.15) is 17.2 Å². The Hall–Kier alpha value is -3.12. The van der Waals surface area contributed by atoms with Crippen molar-refractivity contribution in [2.45, 2.75) is 32.4 Å². The van der Waals surface area contributed by atoms with Crippen LogP contribution in [0.5, 0.6) is 0 Å². The van der Waals surface area contributed by atoms with Gasteiger partial charge in [0.05, 0.1) is 11.0 Å². The third kappa shape index (κ3) is 3.40. The van der Waals surface area contributed by atoms with Gasteiger partial charge in [-0.2, -0.15) is 0 Å². The summed E-state index contributed by atoms with van der Waals surface area (Å²) in [6.45, 7) is 3.88. The molecule has 0 unspecified atom stereocenters. The van der Waals surface area contributed by atoms with Crippen LogP contribution in [0.1, 0.15) is 30.7 Å². The second-order valence-corrected chi connectivity index (χ2v) is 7.78. The number of fused-ring (bicyclic) bond motifs is 3. The van der Waals surface area contributed by atoms with E-state index in [1.54, 1.807) is 0 Å². The second-order valence-electron chi connectivity index (χ2n) is 7.78. The van der Waals surface area contributed by atoms with Crippen molar-refractivity contribution in [1.82, 2.24) is 14.5 Å². The normalized spacial score (nSPS) is 17.0. The Labute approximate surface area is 169 Å². The molecule has 3 aromatic rings. The van der Waals surface area contributed by atoms with Crippen molar-refractivity contribution in [2.24, 2.45) is 0 Å². The van der Waals surface area contributed by atoms with Gasteiger partial charge in [0.25, 0.3) is 5.91 Å². The lowest BCUT2D eigenvalue weighted by molar-refractivity contribution is -0.111. The van der Waals surface area contributed by atoms with Gasteiger partial charge >= 0.3 is 0 Å². The van der Waals surface area contributed by atoms with Gasteiger partial charge in [-0.1, -0.05) is 24.3 Å². The first-order chi connectivity index (χ1) is 14.2. The molecule has 29 heavy (non-hydrogen) atoms. The van der Waals surface area contributed by atoms with Gasteiger partial charge in [-0.15, -0.1) is 0 Å². The maximum Gasteiger partial charge on any atom is 0.262 e. The lowest BCUT2D eigenvalue weighted by Gasteiger charge is -2.19. The van der Waals surface area contributed by atoms with Crippen LogP contribution in [-0.4, -0.2) is 38.6 Å². The van der Waals surface area contributed by atoms with Crippen LogP contribution in [0.3, 0.4) is 0 Å². The Kier molecular flexibility index (Phi) is 4.56. The van der Waals surface area contributed by atoms with Crippen LogP contribution in [0.4, 0.5) is 5.69 Å². The predicted molar refractivity (Wildman–Crippen MR) is 113 cm³/mol. The lowest BCUT2D eigenvalue weighted by Crippen LogP contribution is -2.22. The summed E-state index contributed by atoms with van der Waals surface area (Å²) in [5, 5.41) is 13.4. The standard InChI is InChI=1S/C23H24N4O2/c28-20-11-14-27-19-6-2-1-5-18(19)25-22(27)21(20)23(29)24-17-9-7-16(8-10-17)15-26-12-3-4-13-26/h1-2,5-10,28H,3-4,11-15H2,(H,24,29). The van der Waals surface area contributed by atoms with Crippen molar-refractivity contribution in [2.75, 3.05) is 18.4 Å². The molecule has 1 aromatic heterocycles. The van der Waals surface area contributed by atoms with E-state index in [9.17, 15) is 9.90 Å². The molecule has 0 saturated carbocycles. The molecule has 2 aliphatic rings. The summed E-state index contributed by atoms with van der Waals surface area (Å²) >= 11 is 0. The summed E-state index contributed by atoms with van der Waals surface area (Å²) in [5.74, 6) is 0.292. The molecule has 2 N–H and O–H groups in total. The molecule has 3 heterocycles. The Morgan fingerprint density at radius 2 is 1.79 bits per heavy atom. The number of nitrogens with one attached hydrogen (secondary N) is 1. The summed E-state index contributed by atoms with van der Waals surface area (Å²) in [4.78, 5) is 20.0. The molecule has 1 fully saturated rings. The fourth-order valence-electron chi connectivity index (χ4n) is 4.28. The van der Waals surface area contributed by atoms with Gasteiger partial charge in [0.15, 0.2) is 0 Å². The van der Waals surface area contributed by atoms with E-state index in [-0.39, 0.29) is 17.2 Å². The first-order valence-electron chi connectivity index (χ1n) is 10.2. The Morgan fingerprint density at radius 1 is 1.03 bits per heavy atom. The van der Waals surface area contributed by atoms with Crippen molar-refractivity contribution in [3.63, 3.8) is 0 Å². The summed E-state index contributed by atoms with van der Waals surface area (Å²) in [6, 6.07) is 15.7. The van der Waals surface area contributed by atoms with E-state index in [0.29, 0.717) is 24.5 Å². The molecule has 148 valence electrons. The highest BCUT2D eigenvalue weighted by molar-refractivity contribution is 6.25. The molecular formula is C23H24N4O2. The maximum atomic E-state index is 13.0. The number of hydrogen-bond donors (Lipinski definition) is 2. The first kappa shape index (κ1) is 17.9. The molecule has 0 bridgehead atoms. The fraction of sp³-hybridized carbons (Fsp3) is 0.304. The molecule has 1 saturated heterocycles. The van der Waals surface area contributed by atoms with Crippen LogP contribution in [-0.2, 0) is 17.9 Å². The molecule has 0 atom stereocenters. The fourth-order valence-corrected chi connectivity index (χ4v) is 4.28. The first-order valence-corrected chi connectivity index (χ1v) is 10.2. The van der Waals surface area contributed by atoms with E-state index in [4.69, 9.17) is 0 Å². The van der Waals surface area contributed by atoms with Crippen LogP contribution in [0.15, 0.2) is 54.3 Å². The number of aliphatic hydroxyl groups excluding tert-OH is 1. The Balaban J connectivity index is 1.36. The monoisotopic (exact) mass is 388 g/mol. The van der Waals surface area contributed by atoms with Gasteiger partial charge in [-0.05, 0) is 55.8 Å². The molecule has 1 amide bonds. The Morgan fingerprint density at radius 3 is 2.59 bits per heavy atom. The lowest BCUT2D eigenvalue weighted by atomic mass is 10.1. The van der Waals surface area contributed by atoms with Crippen molar-refractivity contribution in [3.05, 3.63) is 65.7 Å². The Bertz CT molecular complexity index is 1090. The SMILES string of the molecule is O=C(Nc1ccc(CN2CCCC2)cc1)C1=C(O)CCn2c1nc1ccccc12. The van der Waals surface area contributed by atoms with Crippen molar-refractivity contribution >= 4 is 28.2 Å². The molecule has 0 radical (unpaired) electrons. The zero-order chi connectivity index (χ0) is 19.8. The average Bonchev–Trinajstić information content (AvgIpc) is 3.36. The molecule has 2 aliphatic heterocycles. The number of nitrogens with zero attached hydrogens (tertiary/aromatic N) is 3. The average molecular weight is 388 g/mol. The number of amides is 1. The number of aliphatic hydroxyl groups is 1. The molecule has 6 nitrogen and oxygen atoms in total. The molecule has 0 spiro atoms. The number of para-hydroxylation sites is 2. The number of likely N-dealkylation sites (tertiary alicyclic amines) is 1. The molecule has 0 aliphatic carbocycles. The number of carbonyl (C=O) groups excluding carboxylic acids is 1. The van der Waals surface area contributed by atoms with E-state index < -0.39 is 0 Å². The summed E-state index contributed by atoms with van der Waals surface area (Å²) in [7, 11) is 0. The summed E-state index contributed by atoms with van der Waals surface area (Å²) in [5.41, 5.74) is 4.02. The van der Waals surface area contributed by atoms with Gasteiger partial charge < -0.3 is 15.0 Å². The minimum absolute atomic E-state index is 0.0935. The highest BCUT2D eigenvalue weighted by atomic mass is 16.3. The second kappa shape index (κ2) is 7.37. The number of aryl methyl sites for hydroxylation is 1. The minimum Gasteiger partial charge on any atom is -0.511 e. The summed E-state index contributed by atoms with van der Waals surface area (Å²) in [6.07, 6.45) is 2.97. The number of benzene rings is 2. The van der Waals surface area contributed by atoms with E-state index in [2.05, 4.69) is 27.3 Å². The number of imidazole rings is 1. The molecular weight excluding hydrogens is 364 g/mol.